The van der Waals surface area contributed by atoms with Gasteiger partial charge in [0.05, 0.1) is 0 Å². The Morgan fingerprint density at radius 1 is 1.14 bits per heavy atom. The average Bonchev–Trinajstić information content (AvgIpc) is 3.35. The summed E-state index contributed by atoms with van der Waals surface area (Å²) in [6, 6.07) is 4.02. The molecule has 0 aromatic heterocycles. The number of imide groups is 2. The van der Waals surface area contributed by atoms with Gasteiger partial charge in [-0.3, -0.25) is 19.3 Å². The van der Waals surface area contributed by atoms with Gasteiger partial charge in [-0.05, 0) is 68.2 Å². The van der Waals surface area contributed by atoms with Crippen molar-refractivity contribution in [1.82, 2.24) is 9.80 Å². The molecule has 1 aromatic rings. The van der Waals surface area contributed by atoms with Crippen LogP contribution in [0.15, 0.2) is 24.3 Å². The topological polar surface area (TPSA) is 86.8 Å². The fraction of sp³-hybridized carbons (Fsp3) is 0.500. The van der Waals surface area contributed by atoms with Crippen molar-refractivity contribution < 1.29 is 23.6 Å². The van der Waals surface area contributed by atoms with Crippen LogP contribution in [0.25, 0.3) is 0 Å². The molecule has 2 saturated carbocycles. The molecule has 8 heteroatoms. The van der Waals surface area contributed by atoms with Gasteiger partial charge in [0.25, 0.3) is 0 Å². The first-order chi connectivity index (χ1) is 13.3. The Bertz CT molecular complexity index is 840. The zero-order chi connectivity index (χ0) is 20.0. The van der Waals surface area contributed by atoms with Crippen LogP contribution in [0.4, 0.5) is 14.9 Å². The smallest absolute Gasteiger partial charge is 0.325 e. The number of anilines is 1. The molecule has 148 valence electrons. The van der Waals surface area contributed by atoms with Crippen LogP contribution in [0.5, 0.6) is 0 Å². The van der Waals surface area contributed by atoms with Crippen molar-refractivity contribution >= 4 is 29.4 Å². The number of hydrogen-bond acceptors (Lipinski definition) is 4. The Balaban J connectivity index is 1.43. The number of nitrogens with zero attached hydrogens (tertiary/aromatic N) is 2. The maximum absolute atomic E-state index is 12.9. The summed E-state index contributed by atoms with van der Waals surface area (Å²) < 4.78 is 12.9. The van der Waals surface area contributed by atoms with Gasteiger partial charge in [-0.1, -0.05) is 6.42 Å². The van der Waals surface area contributed by atoms with E-state index in [0.29, 0.717) is 22.4 Å². The molecule has 4 atom stereocenters. The monoisotopic (exact) mass is 387 g/mol. The first kappa shape index (κ1) is 18.6. The van der Waals surface area contributed by atoms with Crippen molar-refractivity contribution in [2.24, 2.45) is 17.8 Å². The number of nitrogens with one attached hydrogen (secondary N) is 1. The quantitative estimate of drug-likeness (QED) is 0.621. The molecule has 1 N–H and O–H groups in total. The minimum Gasteiger partial charge on any atom is -0.325 e. The van der Waals surface area contributed by atoms with Gasteiger partial charge in [0.2, 0.25) is 5.91 Å². The number of carbonyl (C=O) groups excluding carboxylic acids is 4. The second kappa shape index (κ2) is 7.00. The normalized spacial score (nSPS) is 27.6. The van der Waals surface area contributed by atoms with Crippen molar-refractivity contribution in [3.05, 3.63) is 30.1 Å². The van der Waals surface area contributed by atoms with Crippen LogP contribution < -0.4 is 5.32 Å². The minimum absolute atomic E-state index is 0.215. The average molecular weight is 387 g/mol. The largest absolute Gasteiger partial charge is 0.334 e. The fourth-order valence-electron chi connectivity index (χ4n) is 4.97. The molecule has 1 aromatic carbocycles. The number of rotatable bonds is 5. The molecule has 2 bridgehead atoms. The Morgan fingerprint density at radius 3 is 2.46 bits per heavy atom. The Labute approximate surface area is 161 Å². The molecule has 4 unspecified atom stereocenters. The Hall–Kier alpha value is -2.77. The first-order valence-electron chi connectivity index (χ1n) is 9.59. The number of amides is 5. The van der Waals surface area contributed by atoms with Gasteiger partial charge in [0, 0.05) is 11.7 Å². The minimum atomic E-state index is -0.978. The molecule has 3 aliphatic rings. The summed E-state index contributed by atoms with van der Waals surface area (Å²) in [7, 11) is 0. The van der Waals surface area contributed by atoms with Gasteiger partial charge in [0.1, 0.15) is 12.4 Å². The number of carbonyl (C=O) groups is 4. The van der Waals surface area contributed by atoms with Crippen molar-refractivity contribution in [1.29, 1.82) is 0 Å². The molecular weight excluding hydrogens is 365 g/mol. The highest BCUT2D eigenvalue weighted by atomic mass is 19.1. The van der Waals surface area contributed by atoms with E-state index in [4.69, 9.17) is 0 Å². The molecule has 4 rings (SSSR count). The van der Waals surface area contributed by atoms with Crippen LogP contribution in [0.3, 0.4) is 0 Å². The summed E-state index contributed by atoms with van der Waals surface area (Å²) in [4.78, 5) is 51.4. The predicted octanol–water partition coefficient (Wildman–Crippen LogP) is 2.38. The van der Waals surface area contributed by atoms with Crippen LogP contribution in [0.2, 0.25) is 0 Å². The molecule has 7 nitrogen and oxygen atoms in total. The van der Waals surface area contributed by atoms with Crippen LogP contribution in [-0.4, -0.2) is 46.1 Å². The zero-order valence-electron chi connectivity index (χ0n) is 15.6. The van der Waals surface area contributed by atoms with E-state index in [1.54, 1.807) is 0 Å². The second-order valence-corrected chi connectivity index (χ2v) is 7.98. The van der Waals surface area contributed by atoms with E-state index in [2.05, 4.69) is 5.32 Å². The lowest BCUT2D eigenvalue weighted by molar-refractivity contribution is -0.144. The van der Waals surface area contributed by atoms with Crippen molar-refractivity contribution in [2.75, 3.05) is 11.9 Å². The number of urea groups is 1. The predicted molar refractivity (Wildman–Crippen MR) is 97.4 cm³/mol. The van der Waals surface area contributed by atoms with Gasteiger partial charge >= 0.3 is 17.8 Å². The lowest BCUT2D eigenvalue weighted by Crippen LogP contribution is -2.45. The van der Waals surface area contributed by atoms with Gasteiger partial charge in [-0.15, -0.1) is 0 Å². The number of fused-ring (bicyclic) bond motifs is 2. The molecule has 1 aliphatic heterocycles. The van der Waals surface area contributed by atoms with Crippen LogP contribution in [0, 0.1) is 23.6 Å². The summed E-state index contributed by atoms with van der Waals surface area (Å²) in [5.74, 6) is -1.56. The number of halogens is 1. The highest BCUT2D eigenvalue weighted by Crippen LogP contribution is 2.50. The standard InChI is InChI=1S/C20H22FN3O4/c1-11(16-9-12-2-3-13(16)8-12)24-19(27)18(26)23(20(24)28)10-17(25)22-15-6-4-14(21)5-7-15/h4-7,11-13,16H,2-3,8-10H2,1H3,(H,22,25). The molecule has 0 radical (unpaired) electrons. The maximum atomic E-state index is 12.9. The van der Waals surface area contributed by atoms with Crippen LogP contribution in [-0.2, 0) is 14.4 Å². The number of hydrogen-bond donors (Lipinski definition) is 1. The summed E-state index contributed by atoms with van der Waals surface area (Å²) in [6.07, 6.45) is 4.41. The van der Waals surface area contributed by atoms with Gasteiger partial charge in [-0.25, -0.2) is 14.1 Å². The van der Waals surface area contributed by atoms with Crippen LogP contribution in [0.1, 0.15) is 32.6 Å². The van der Waals surface area contributed by atoms with Gasteiger partial charge in [-0.2, -0.15) is 0 Å². The summed E-state index contributed by atoms with van der Waals surface area (Å²) in [5.41, 5.74) is 0.337. The van der Waals surface area contributed by atoms with E-state index in [1.807, 2.05) is 6.92 Å². The van der Waals surface area contributed by atoms with Gasteiger partial charge in [0.15, 0.2) is 0 Å². The highest BCUT2D eigenvalue weighted by molar-refractivity contribution is 6.45. The summed E-state index contributed by atoms with van der Waals surface area (Å²) >= 11 is 0. The lowest BCUT2D eigenvalue weighted by atomic mass is 9.83. The van der Waals surface area contributed by atoms with E-state index in [-0.39, 0.29) is 12.0 Å². The van der Waals surface area contributed by atoms with E-state index in [0.717, 1.165) is 24.2 Å². The third-order valence-electron chi connectivity index (χ3n) is 6.33. The molecule has 1 heterocycles. The van der Waals surface area contributed by atoms with E-state index < -0.39 is 36.1 Å². The van der Waals surface area contributed by atoms with Crippen molar-refractivity contribution in [2.45, 2.75) is 38.6 Å². The van der Waals surface area contributed by atoms with E-state index in [9.17, 15) is 23.6 Å². The fourth-order valence-corrected chi connectivity index (χ4v) is 4.97. The zero-order valence-corrected chi connectivity index (χ0v) is 15.6. The Morgan fingerprint density at radius 2 is 1.86 bits per heavy atom. The molecule has 0 spiro atoms. The SMILES string of the molecule is CC(C1CC2CCC1C2)N1C(=O)C(=O)N(CC(=O)Nc2ccc(F)cc2)C1=O. The molecule has 1 saturated heterocycles. The van der Waals surface area contributed by atoms with Crippen LogP contribution >= 0.6 is 0 Å². The third-order valence-corrected chi connectivity index (χ3v) is 6.33. The highest BCUT2D eigenvalue weighted by Gasteiger charge is 2.52. The molecule has 28 heavy (non-hydrogen) atoms. The maximum Gasteiger partial charge on any atom is 0.334 e. The lowest BCUT2D eigenvalue weighted by Gasteiger charge is -2.32. The summed E-state index contributed by atoms with van der Waals surface area (Å²) in [5, 5.41) is 2.49. The third kappa shape index (κ3) is 3.16. The second-order valence-electron chi connectivity index (χ2n) is 7.98. The first-order valence-corrected chi connectivity index (χ1v) is 9.59. The number of benzene rings is 1. The summed E-state index contributed by atoms with van der Waals surface area (Å²) in [6.45, 7) is 1.26. The van der Waals surface area contributed by atoms with Crippen molar-refractivity contribution in [3.63, 3.8) is 0 Å². The molecule has 2 aliphatic carbocycles. The molecule has 3 fully saturated rings. The van der Waals surface area contributed by atoms with Gasteiger partial charge < -0.3 is 5.32 Å². The van der Waals surface area contributed by atoms with E-state index in [1.165, 1.54) is 30.7 Å². The van der Waals surface area contributed by atoms with Crippen molar-refractivity contribution in [3.8, 4) is 0 Å². The Kier molecular flexibility index (Phi) is 4.64. The molecular formula is C20H22FN3O4. The van der Waals surface area contributed by atoms with E-state index >= 15 is 0 Å². The molecule has 5 amide bonds.